The van der Waals surface area contributed by atoms with Gasteiger partial charge in [-0.3, -0.25) is 14.3 Å². The van der Waals surface area contributed by atoms with Crippen molar-refractivity contribution in [1.29, 1.82) is 0 Å². The second-order valence-electron chi connectivity index (χ2n) is 3.07. The maximum Gasteiger partial charge on any atom is 0.285 e. The lowest BCUT2D eigenvalue weighted by Gasteiger charge is -2.05. The van der Waals surface area contributed by atoms with Crippen LogP contribution < -0.4 is 0 Å². The van der Waals surface area contributed by atoms with Crippen LogP contribution in [0.2, 0.25) is 0 Å². The van der Waals surface area contributed by atoms with Crippen molar-refractivity contribution in [2.75, 3.05) is 0 Å². The zero-order chi connectivity index (χ0) is 10.7. The number of benzene rings is 1. The fourth-order valence-corrected chi connectivity index (χ4v) is 2.10. The first-order valence-electron chi connectivity index (χ1n) is 4.18. The van der Waals surface area contributed by atoms with Crippen molar-refractivity contribution in [3.8, 4) is 0 Å². The Kier molecular flexibility index (Phi) is 3.35. The van der Waals surface area contributed by atoms with E-state index >= 15 is 0 Å². The van der Waals surface area contributed by atoms with E-state index in [1.807, 2.05) is 0 Å². The molecule has 1 rings (SSSR count). The largest absolute Gasteiger partial charge is 0.285 e. The van der Waals surface area contributed by atoms with Crippen molar-refractivity contribution in [2.45, 2.75) is 24.0 Å². The van der Waals surface area contributed by atoms with Gasteiger partial charge in [0.1, 0.15) is 4.90 Å². The van der Waals surface area contributed by atoms with Crippen LogP contribution in [0, 0.1) is 10.1 Å². The summed E-state index contributed by atoms with van der Waals surface area (Å²) in [5.74, 6) is 0. The Balaban J connectivity index is 3.20. The molecule has 1 aromatic carbocycles. The molecule has 0 aliphatic heterocycles. The number of para-hydroxylation sites is 1. The first-order valence-corrected chi connectivity index (χ1v) is 5.39. The lowest BCUT2D eigenvalue weighted by atomic mass is 10.3. The zero-order valence-electron chi connectivity index (χ0n) is 7.97. The molecule has 0 aliphatic rings. The van der Waals surface area contributed by atoms with Gasteiger partial charge < -0.3 is 0 Å². The molecule has 0 bridgehead atoms. The van der Waals surface area contributed by atoms with Crippen LogP contribution >= 0.6 is 0 Å². The molecule has 0 saturated heterocycles. The highest BCUT2D eigenvalue weighted by Gasteiger charge is 2.19. The van der Waals surface area contributed by atoms with E-state index in [2.05, 4.69) is 0 Å². The lowest BCUT2D eigenvalue weighted by molar-refractivity contribution is -0.387. The average molecular weight is 213 g/mol. The predicted octanol–water partition coefficient (Wildman–Crippen LogP) is 2.11. The van der Waals surface area contributed by atoms with Crippen molar-refractivity contribution in [2.24, 2.45) is 0 Å². The van der Waals surface area contributed by atoms with Crippen molar-refractivity contribution in [1.82, 2.24) is 0 Å². The van der Waals surface area contributed by atoms with Gasteiger partial charge in [0.25, 0.3) is 5.69 Å². The van der Waals surface area contributed by atoms with E-state index in [1.165, 1.54) is 12.1 Å². The molecule has 0 fully saturated rings. The molecule has 0 amide bonds. The molecular weight excluding hydrogens is 202 g/mol. The summed E-state index contributed by atoms with van der Waals surface area (Å²) in [6.07, 6.45) is 0. The van der Waals surface area contributed by atoms with E-state index in [9.17, 15) is 14.3 Å². The van der Waals surface area contributed by atoms with Crippen LogP contribution in [0.3, 0.4) is 0 Å². The molecule has 14 heavy (non-hydrogen) atoms. The van der Waals surface area contributed by atoms with Crippen LogP contribution in [-0.4, -0.2) is 14.4 Å². The van der Waals surface area contributed by atoms with Crippen LogP contribution in [0.25, 0.3) is 0 Å². The van der Waals surface area contributed by atoms with Crippen LogP contribution in [0.4, 0.5) is 5.69 Å². The van der Waals surface area contributed by atoms with Crippen LogP contribution in [-0.2, 0) is 10.8 Å². The monoisotopic (exact) mass is 213 g/mol. The summed E-state index contributed by atoms with van der Waals surface area (Å²) in [4.78, 5) is 10.4. The molecule has 4 nitrogen and oxygen atoms in total. The third-order valence-corrected chi connectivity index (χ3v) is 3.34. The molecule has 0 N–H and O–H groups in total. The van der Waals surface area contributed by atoms with E-state index < -0.39 is 15.7 Å². The van der Waals surface area contributed by atoms with E-state index in [0.717, 1.165) is 0 Å². The molecule has 76 valence electrons. The van der Waals surface area contributed by atoms with Gasteiger partial charge in [-0.15, -0.1) is 0 Å². The number of nitro benzene ring substituents is 1. The van der Waals surface area contributed by atoms with Crippen molar-refractivity contribution in [3.05, 3.63) is 34.4 Å². The molecule has 0 aromatic heterocycles. The molecule has 5 heteroatoms. The lowest BCUT2D eigenvalue weighted by Crippen LogP contribution is -2.07. The normalized spacial score (nSPS) is 12.8. The van der Waals surface area contributed by atoms with E-state index in [4.69, 9.17) is 0 Å². The molecule has 0 spiro atoms. The highest BCUT2D eigenvalue weighted by Crippen LogP contribution is 2.23. The van der Waals surface area contributed by atoms with E-state index in [1.54, 1.807) is 26.0 Å². The van der Waals surface area contributed by atoms with Crippen LogP contribution in [0.1, 0.15) is 13.8 Å². The SMILES string of the molecule is CC(C)S(=O)c1ccccc1[N+](=O)[O-]. The number of nitrogens with zero attached hydrogens (tertiary/aromatic N) is 1. The maximum atomic E-state index is 11.7. The molecular formula is C9H11NO3S. The minimum Gasteiger partial charge on any atom is -0.258 e. The zero-order valence-corrected chi connectivity index (χ0v) is 8.78. The Hall–Kier alpha value is -1.23. The Bertz CT molecular complexity index is 376. The number of hydrogen-bond donors (Lipinski definition) is 0. The maximum absolute atomic E-state index is 11.7. The van der Waals surface area contributed by atoms with Gasteiger partial charge in [-0.05, 0) is 6.07 Å². The fraction of sp³-hybridized carbons (Fsp3) is 0.333. The van der Waals surface area contributed by atoms with Gasteiger partial charge in [-0.2, -0.15) is 0 Å². The van der Waals surface area contributed by atoms with Crippen LogP contribution in [0.5, 0.6) is 0 Å². The summed E-state index contributed by atoms with van der Waals surface area (Å²) < 4.78 is 11.7. The predicted molar refractivity (Wildman–Crippen MR) is 54.6 cm³/mol. The molecule has 0 aliphatic carbocycles. The standard InChI is InChI=1S/C9H11NO3S/c1-7(2)14(13)9-6-4-3-5-8(9)10(11)12/h3-7H,1-2H3. The number of hydrogen-bond acceptors (Lipinski definition) is 3. The minimum absolute atomic E-state index is 0.0699. The fourth-order valence-electron chi connectivity index (χ4n) is 1.03. The summed E-state index contributed by atoms with van der Waals surface area (Å²) in [5, 5.41) is 10.5. The van der Waals surface area contributed by atoms with Crippen molar-refractivity contribution >= 4 is 16.5 Å². The molecule has 0 saturated carbocycles. The number of rotatable bonds is 3. The summed E-state index contributed by atoms with van der Waals surface area (Å²) in [6.45, 7) is 3.54. The number of nitro groups is 1. The van der Waals surface area contributed by atoms with Gasteiger partial charge in [0.15, 0.2) is 0 Å². The van der Waals surface area contributed by atoms with Crippen molar-refractivity contribution < 1.29 is 9.13 Å². The molecule has 1 aromatic rings. The molecule has 1 atom stereocenters. The van der Waals surface area contributed by atoms with Gasteiger partial charge >= 0.3 is 0 Å². The second kappa shape index (κ2) is 4.32. The molecule has 0 radical (unpaired) electrons. The van der Waals surface area contributed by atoms with Gasteiger partial charge in [0.05, 0.1) is 15.7 Å². The minimum atomic E-state index is -1.31. The van der Waals surface area contributed by atoms with Gasteiger partial charge in [0.2, 0.25) is 0 Å². The first-order chi connectivity index (χ1) is 6.54. The smallest absolute Gasteiger partial charge is 0.258 e. The molecule has 0 heterocycles. The Labute approximate surface area is 84.6 Å². The average Bonchev–Trinajstić information content (AvgIpc) is 2.16. The summed E-state index contributed by atoms with van der Waals surface area (Å²) in [7, 11) is -1.31. The van der Waals surface area contributed by atoms with Gasteiger partial charge in [0, 0.05) is 11.3 Å². The van der Waals surface area contributed by atoms with Crippen molar-refractivity contribution in [3.63, 3.8) is 0 Å². The summed E-state index contributed by atoms with van der Waals surface area (Å²) in [5.41, 5.74) is -0.0699. The molecule has 1 unspecified atom stereocenters. The first kappa shape index (κ1) is 10.8. The summed E-state index contributed by atoms with van der Waals surface area (Å²) in [6, 6.07) is 6.13. The van der Waals surface area contributed by atoms with Gasteiger partial charge in [-0.25, -0.2) is 0 Å². The third-order valence-electron chi connectivity index (χ3n) is 1.71. The Morgan fingerprint density at radius 2 is 1.93 bits per heavy atom. The highest BCUT2D eigenvalue weighted by atomic mass is 32.2. The topological polar surface area (TPSA) is 60.2 Å². The summed E-state index contributed by atoms with van der Waals surface area (Å²) >= 11 is 0. The Morgan fingerprint density at radius 3 is 2.43 bits per heavy atom. The quantitative estimate of drug-likeness (QED) is 0.570. The van der Waals surface area contributed by atoms with Gasteiger partial charge in [-0.1, -0.05) is 26.0 Å². The van der Waals surface area contributed by atoms with E-state index in [-0.39, 0.29) is 10.9 Å². The van der Waals surface area contributed by atoms with E-state index in [0.29, 0.717) is 4.90 Å². The third kappa shape index (κ3) is 2.17. The second-order valence-corrected chi connectivity index (χ2v) is 5.05. The van der Waals surface area contributed by atoms with Crippen LogP contribution in [0.15, 0.2) is 29.2 Å². The highest BCUT2D eigenvalue weighted by molar-refractivity contribution is 7.85. The Morgan fingerprint density at radius 1 is 1.36 bits per heavy atom.